The number of benzene rings is 1. The molecule has 5 nitrogen and oxygen atoms in total. The summed E-state index contributed by atoms with van der Waals surface area (Å²) in [6, 6.07) is 7.49. The molecule has 0 saturated carbocycles. The van der Waals surface area contributed by atoms with Gasteiger partial charge in [-0.1, -0.05) is 12.1 Å². The standard InChI is InChI=1S/C13H21N3O2S/c1-10(16-12-6-8-15-9-7-12)11-2-4-13(5-3-11)19(14,17)18/h2-5,10,12,15-16H,6-9H2,1H3,(H2,14,17,18). The third-order valence-electron chi connectivity index (χ3n) is 3.53. The first-order chi connectivity index (χ1) is 8.97. The highest BCUT2D eigenvalue weighted by molar-refractivity contribution is 7.89. The Balaban J connectivity index is 2.01. The van der Waals surface area contributed by atoms with Crippen LogP contribution in [0.15, 0.2) is 29.2 Å². The molecule has 4 N–H and O–H groups in total. The SMILES string of the molecule is CC(NC1CCNCC1)c1ccc(S(N)(=O)=O)cc1. The molecule has 1 aliphatic rings. The van der Waals surface area contributed by atoms with E-state index in [1.54, 1.807) is 12.1 Å². The molecule has 106 valence electrons. The van der Waals surface area contributed by atoms with Gasteiger partial charge in [-0.3, -0.25) is 0 Å². The zero-order chi connectivity index (χ0) is 13.9. The lowest BCUT2D eigenvalue weighted by molar-refractivity contribution is 0.359. The Morgan fingerprint density at radius 1 is 1.26 bits per heavy atom. The third kappa shape index (κ3) is 4.01. The second-order valence-corrected chi connectivity index (χ2v) is 6.59. The Morgan fingerprint density at radius 2 is 1.84 bits per heavy atom. The Labute approximate surface area is 114 Å². The minimum Gasteiger partial charge on any atom is -0.317 e. The molecule has 0 aromatic heterocycles. The lowest BCUT2D eigenvalue weighted by Gasteiger charge is -2.27. The van der Waals surface area contributed by atoms with Gasteiger partial charge in [-0.25, -0.2) is 13.6 Å². The summed E-state index contributed by atoms with van der Waals surface area (Å²) in [4.78, 5) is 0.158. The number of sulfonamides is 1. The molecule has 6 heteroatoms. The predicted octanol–water partition coefficient (Wildman–Crippen LogP) is 0.737. The van der Waals surface area contributed by atoms with E-state index in [1.165, 1.54) is 0 Å². The molecule has 1 fully saturated rings. The van der Waals surface area contributed by atoms with Gasteiger partial charge in [0.1, 0.15) is 0 Å². The van der Waals surface area contributed by atoms with Crippen LogP contribution in [0.1, 0.15) is 31.4 Å². The smallest absolute Gasteiger partial charge is 0.238 e. The van der Waals surface area contributed by atoms with Crippen molar-refractivity contribution >= 4 is 10.0 Å². The van der Waals surface area contributed by atoms with Crippen molar-refractivity contribution in [1.29, 1.82) is 0 Å². The molecule has 1 aromatic carbocycles. The summed E-state index contributed by atoms with van der Waals surface area (Å²) in [5.41, 5.74) is 1.07. The van der Waals surface area contributed by atoms with Crippen molar-refractivity contribution < 1.29 is 8.42 Å². The summed E-state index contributed by atoms with van der Waals surface area (Å²) in [7, 11) is -3.60. The van der Waals surface area contributed by atoms with Crippen molar-refractivity contribution in [2.24, 2.45) is 5.14 Å². The van der Waals surface area contributed by atoms with Gasteiger partial charge in [0.15, 0.2) is 0 Å². The summed E-state index contributed by atoms with van der Waals surface area (Å²) >= 11 is 0. The summed E-state index contributed by atoms with van der Waals surface area (Å²) in [6.45, 7) is 4.19. The summed E-state index contributed by atoms with van der Waals surface area (Å²) in [5, 5.41) is 12.0. The molecule has 1 unspecified atom stereocenters. The Hall–Kier alpha value is -0.950. The van der Waals surface area contributed by atoms with Gasteiger partial charge in [-0.05, 0) is 50.6 Å². The molecule has 2 rings (SSSR count). The van der Waals surface area contributed by atoms with Gasteiger partial charge in [-0.2, -0.15) is 0 Å². The van der Waals surface area contributed by atoms with Crippen LogP contribution in [0.2, 0.25) is 0 Å². The van der Waals surface area contributed by atoms with Crippen molar-refractivity contribution in [3.63, 3.8) is 0 Å². The highest BCUT2D eigenvalue weighted by Crippen LogP contribution is 2.17. The molecule has 0 amide bonds. The molecule has 1 aliphatic heterocycles. The van der Waals surface area contributed by atoms with Crippen molar-refractivity contribution in [3.8, 4) is 0 Å². The first-order valence-electron chi connectivity index (χ1n) is 6.56. The zero-order valence-corrected chi connectivity index (χ0v) is 11.9. The molecule has 0 spiro atoms. The average Bonchev–Trinajstić information content (AvgIpc) is 2.39. The quantitative estimate of drug-likeness (QED) is 0.761. The number of piperidine rings is 1. The molecule has 0 aliphatic carbocycles. The number of primary sulfonamides is 1. The Bertz CT molecular complexity index is 507. The van der Waals surface area contributed by atoms with E-state index in [2.05, 4.69) is 17.6 Å². The maximum Gasteiger partial charge on any atom is 0.238 e. The highest BCUT2D eigenvalue weighted by Gasteiger charge is 2.16. The number of nitrogens with one attached hydrogen (secondary N) is 2. The summed E-state index contributed by atoms with van der Waals surface area (Å²) < 4.78 is 22.4. The lowest BCUT2D eigenvalue weighted by atomic mass is 10.0. The van der Waals surface area contributed by atoms with E-state index in [4.69, 9.17) is 5.14 Å². The number of hydrogen-bond acceptors (Lipinski definition) is 4. The minimum absolute atomic E-state index is 0.158. The molecule has 0 radical (unpaired) electrons. The molecule has 1 aromatic rings. The van der Waals surface area contributed by atoms with Gasteiger partial charge in [0.25, 0.3) is 0 Å². The first-order valence-corrected chi connectivity index (χ1v) is 8.11. The predicted molar refractivity (Wildman–Crippen MR) is 75.3 cm³/mol. The van der Waals surface area contributed by atoms with Gasteiger partial charge in [0, 0.05) is 12.1 Å². The Kier molecular flexibility index (Phi) is 4.57. The van der Waals surface area contributed by atoms with E-state index in [0.29, 0.717) is 6.04 Å². The van der Waals surface area contributed by atoms with Crippen LogP contribution < -0.4 is 15.8 Å². The zero-order valence-electron chi connectivity index (χ0n) is 11.1. The van der Waals surface area contributed by atoms with E-state index in [1.807, 2.05) is 12.1 Å². The molecular formula is C13H21N3O2S. The van der Waals surface area contributed by atoms with Crippen LogP contribution in [0.5, 0.6) is 0 Å². The fourth-order valence-electron chi connectivity index (χ4n) is 2.38. The monoisotopic (exact) mass is 283 g/mol. The maximum atomic E-state index is 11.2. The minimum atomic E-state index is -3.60. The molecule has 1 saturated heterocycles. The van der Waals surface area contributed by atoms with Crippen LogP contribution in [0.25, 0.3) is 0 Å². The Morgan fingerprint density at radius 3 is 2.37 bits per heavy atom. The van der Waals surface area contributed by atoms with Crippen molar-refractivity contribution in [3.05, 3.63) is 29.8 Å². The van der Waals surface area contributed by atoms with Crippen LogP contribution in [0.3, 0.4) is 0 Å². The van der Waals surface area contributed by atoms with Crippen LogP contribution >= 0.6 is 0 Å². The number of hydrogen-bond donors (Lipinski definition) is 3. The maximum absolute atomic E-state index is 11.2. The van der Waals surface area contributed by atoms with Gasteiger partial charge in [-0.15, -0.1) is 0 Å². The fraction of sp³-hybridized carbons (Fsp3) is 0.538. The fourth-order valence-corrected chi connectivity index (χ4v) is 2.90. The molecule has 1 heterocycles. The first kappa shape index (κ1) is 14.5. The lowest BCUT2D eigenvalue weighted by Crippen LogP contribution is -2.40. The van der Waals surface area contributed by atoms with Crippen molar-refractivity contribution in [2.75, 3.05) is 13.1 Å². The van der Waals surface area contributed by atoms with Crippen LogP contribution in [0.4, 0.5) is 0 Å². The molecule has 0 bridgehead atoms. The van der Waals surface area contributed by atoms with Crippen molar-refractivity contribution in [1.82, 2.24) is 10.6 Å². The third-order valence-corrected chi connectivity index (χ3v) is 4.46. The van der Waals surface area contributed by atoms with Gasteiger partial charge < -0.3 is 10.6 Å². The van der Waals surface area contributed by atoms with E-state index in [0.717, 1.165) is 31.5 Å². The molecular weight excluding hydrogens is 262 g/mol. The van der Waals surface area contributed by atoms with Gasteiger partial charge >= 0.3 is 0 Å². The number of nitrogens with two attached hydrogens (primary N) is 1. The largest absolute Gasteiger partial charge is 0.317 e. The average molecular weight is 283 g/mol. The second-order valence-electron chi connectivity index (χ2n) is 5.03. The topological polar surface area (TPSA) is 84.2 Å². The van der Waals surface area contributed by atoms with E-state index in [9.17, 15) is 8.42 Å². The van der Waals surface area contributed by atoms with Crippen LogP contribution in [0, 0.1) is 0 Å². The number of rotatable bonds is 4. The van der Waals surface area contributed by atoms with Gasteiger partial charge in [0.2, 0.25) is 10.0 Å². The highest BCUT2D eigenvalue weighted by atomic mass is 32.2. The molecule has 1 atom stereocenters. The van der Waals surface area contributed by atoms with E-state index in [-0.39, 0.29) is 10.9 Å². The van der Waals surface area contributed by atoms with Crippen LogP contribution in [-0.2, 0) is 10.0 Å². The van der Waals surface area contributed by atoms with Crippen LogP contribution in [-0.4, -0.2) is 27.5 Å². The second kappa shape index (κ2) is 6.00. The van der Waals surface area contributed by atoms with E-state index >= 15 is 0 Å². The summed E-state index contributed by atoms with van der Waals surface area (Å²) in [5.74, 6) is 0. The normalized spacial score (nSPS) is 19.3. The molecule has 19 heavy (non-hydrogen) atoms. The van der Waals surface area contributed by atoms with Gasteiger partial charge in [0.05, 0.1) is 4.90 Å². The van der Waals surface area contributed by atoms with Crippen molar-refractivity contribution in [2.45, 2.75) is 36.7 Å². The summed E-state index contributed by atoms with van der Waals surface area (Å²) in [6.07, 6.45) is 2.25. The van der Waals surface area contributed by atoms with E-state index < -0.39 is 10.0 Å².